The van der Waals surface area contributed by atoms with E-state index in [4.69, 9.17) is 0 Å². The molecule has 0 heterocycles. The van der Waals surface area contributed by atoms with Crippen molar-refractivity contribution >= 4 is 0 Å². The summed E-state index contributed by atoms with van der Waals surface area (Å²) in [5, 5.41) is 14.5. The molecule has 0 fully saturated rings. The van der Waals surface area contributed by atoms with Crippen LogP contribution in [-0.2, 0) is 18.3 Å². The van der Waals surface area contributed by atoms with Crippen LogP contribution in [0.15, 0.2) is 84.9 Å². The first-order valence-electron chi connectivity index (χ1n) is 8.60. The van der Waals surface area contributed by atoms with Gasteiger partial charge in [0.2, 0.25) is 0 Å². The fourth-order valence-electron chi connectivity index (χ4n) is 3.04. The zero-order chi connectivity index (χ0) is 19.3. The molecule has 0 unspecified atom stereocenters. The van der Waals surface area contributed by atoms with Gasteiger partial charge in [-0.1, -0.05) is 78.9 Å². The van der Waals surface area contributed by atoms with E-state index in [1.807, 2.05) is 60.7 Å². The molecular formula is C22H20F3NO. The lowest BCUT2D eigenvalue weighted by atomic mass is 9.86. The highest BCUT2D eigenvalue weighted by molar-refractivity contribution is 5.36. The van der Waals surface area contributed by atoms with Gasteiger partial charge < -0.3 is 10.4 Å². The van der Waals surface area contributed by atoms with Crippen molar-refractivity contribution < 1.29 is 18.3 Å². The number of halogens is 3. The van der Waals surface area contributed by atoms with Crippen LogP contribution in [0.2, 0.25) is 0 Å². The van der Waals surface area contributed by atoms with E-state index in [9.17, 15) is 18.3 Å². The summed E-state index contributed by atoms with van der Waals surface area (Å²) in [5.74, 6) is 0. The molecule has 3 aromatic rings. The largest absolute Gasteiger partial charge is 0.416 e. The van der Waals surface area contributed by atoms with Crippen molar-refractivity contribution in [2.45, 2.75) is 18.3 Å². The van der Waals surface area contributed by atoms with Gasteiger partial charge in [0, 0.05) is 13.1 Å². The Labute approximate surface area is 156 Å². The summed E-state index contributed by atoms with van der Waals surface area (Å²) in [6.07, 6.45) is -4.37. The van der Waals surface area contributed by atoms with Gasteiger partial charge in [-0.3, -0.25) is 0 Å². The van der Waals surface area contributed by atoms with Gasteiger partial charge in [-0.15, -0.1) is 0 Å². The predicted molar refractivity (Wildman–Crippen MR) is 99.0 cm³/mol. The van der Waals surface area contributed by atoms with Crippen LogP contribution >= 0.6 is 0 Å². The molecule has 3 rings (SSSR count). The van der Waals surface area contributed by atoms with Crippen molar-refractivity contribution in [2.75, 3.05) is 6.54 Å². The summed E-state index contributed by atoms with van der Waals surface area (Å²) in [4.78, 5) is 0. The zero-order valence-corrected chi connectivity index (χ0v) is 14.6. The Morgan fingerprint density at radius 2 is 1.22 bits per heavy atom. The van der Waals surface area contributed by atoms with Crippen molar-refractivity contribution in [2.24, 2.45) is 0 Å². The third-order valence-corrected chi connectivity index (χ3v) is 4.47. The van der Waals surface area contributed by atoms with Crippen molar-refractivity contribution in [3.05, 3.63) is 107 Å². The second kappa shape index (κ2) is 7.94. The topological polar surface area (TPSA) is 32.3 Å². The summed E-state index contributed by atoms with van der Waals surface area (Å²) in [5.41, 5.74) is -0.0265. The molecule has 2 N–H and O–H groups in total. The molecule has 0 atom stereocenters. The Morgan fingerprint density at radius 3 is 1.74 bits per heavy atom. The highest BCUT2D eigenvalue weighted by Crippen LogP contribution is 2.30. The van der Waals surface area contributed by atoms with Gasteiger partial charge in [-0.25, -0.2) is 0 Å². The number of hydrogen-bond donors (Lipinski definition) is 2. The third kappa shape index (κ3) is 4.56. The molecule has 0 aromatic heterocycles. The second-order valence-corrected chi connectivity index (χ2v) is 6.39. The van der Waals surface area contributed by atoms with Crippen molar-refractivity contribution in [1.29, 1.82) is 0 Å². The van der Waals surface area contributed by atoms with Gasteiger partial charge in [-0.05, 0) is 22.8 Å². The molecule has 27 heavy (non-hydrogen) atoms. The molecule has 0 saturated heterocycles. The van der Waals surface area contributed by atoms with Crippen LogP contribution in [0.4, 0.5) is 13.2 Å². The van der Waals surface area contributed by atoms with E-state index in [1.54, 1.807) is 6.07 Å². The SMILES string of the molecule is OC(CNCc1cccc(C(F)(F)F)c1)(c1ccccc1)c1ccccc1. The zero-order valence-electron chi connectivity index (χ0n) is 14.6. The molecule has 140 valence electrons. The molecular weight excluding hydrogens is 351 g/mol. The number of alkyl halides is 3. The van der Waals surface area contributed by atoms with Gasteiger partial charge in [0.05, 0.1) is 5.56 Å². The molecule has 0 aliphatic heterocycles. The fourth-order valence-corrected chi connectivity index (χ4v) is 3.04. The van der Waals surface area contributed by atoms with Crippen molar-refractivity contribution in [1.82, 2.24) is 5.32 Å². The molecule has 0 spiro atoms. The lowest BCUT2D eigenvalue weighted by molar-refractivity contribution is -0.137. The Hall–Kier alpha value is -2.63. The quantitative estimate of drug-likeness (QED) is 0.657. The minimum Gasteiger partial charge on any atom is -0.379 e. The number of nitrogens with one attached hydrogen (secondary N) is 1. The molecule has 3 aromatic carbocycles. The Morgan fingerprint density at radius 1 is 0.704 bits per heavy atom. The molecule has 0 aliphatic carbocycles. The average molecular weight is 371 g/mol. The minimum absolute atomic E-state index is 0.164. The van der Waals surface area contributed by atoms with Crippen LogP contribution in [0, 0.1) is 0 Å². The molecule has 2 nitrogen and oxygen atoms in total. The predicted octanol–water partition coefficient (Wildman–Crippen LogP) is 4.73. The van der Waals surface area contributed by atoms with Gasteiger partial charge in [-0.2, -0.15) is 13.2 Å². The monoisotopic (exact) mass is 371 g/mol. The van der Waals surface area contributed by atoms with Crippen LogP contribution in [0.3, 0.4) is 0 Å². The highest BCUT2D eigenvalue weighted by atomic mass is 19.4. The molecule has 0 aliphatic rings. The van der Waals surface area contributed by atoms with E-state index in [1.165, 1.54) is 6.07 Å². The Bertz CT molecular complexity index is 824. The van der Waals surface area contributed by atoms with Gasteiger partial charge in [0.15, 0.2) is 0 Å². The number of aliphatic hydroxyl groups is 1. The first kappa shape index (κ1) is 19.1. The number of hydrogen-bond acceptors (Lipinski definition) is 2. The van der Waals surface area contributed by atoms with Crippen molar-refractivity contribution in [3.63, 3.8) is 0 Å². The molecule has 0 saturated carbocycles. The van der Waals surface area contributed by atoms with E-state index < -0.39 is 17.3 Å². The van der Waals surface area contributed by atoms with Crippen LogP contribution in [0.5, 0.6) is 0 Å². The lowest BCUT2D eigenvalue weighted by Gasteiger charge is -2.30. The Balaban J connectivity index is 1.79. The molecule has 0 amide bonds. The number of rotatable bonds is 6. The summed E-state index contributed by atoms with van der Waals surface area (Å²) in [6, 6.07) is 23.6. The maximum atomic E-state index is 12.9. The van der Waals surface area contributed by atoms with Gasteiger partial charge in [0.1, 0.15) is 5.60 Å². The van der Waals surface area contributed by atoms with Crippen LogP contribution < -0.4 is 5.32 Å². The van der Waals surface area contributed by atoms with Gasteiger partial charge >= 0.3 is 6.18 Å². The maximum absolute atomic E-state index is 12.9. The first-order chi connectivity index (χ1) is 12.9. The van der Waals surface area contributed by atoms with E-state index in [-0.39, 0.29) is 13.1 Å². The highest BCUT2D eigenvalue weighted by Gasteiger charge is 2.32. The molecule has 5 heteroatoms. The van der Waals surface area contributed by atoms with Crippen molar-refractivity contribution in [3.8, 4) is 0 Å². The number of benzene rings is 3. The summed E-state index contributed by atoms with van der Waals surface area (Å²) in [6.45, 7) is 0.378. The summed E-state index contributed by atoms with van der Waals surface area (Å²) < 4.78 is 38.6. The normalized spacial score (nSPS) is 12.1. The average Bonchev–Trinajstić information content (AvgIpc) is 2.69. The fraction of sp³-hybridized carbons (Fsp3) is 0.182. The van der Waals surface area contributed by atoms with Crippen LogP contribution in [-0.4, -0.2) is 11.7 Å². The van der Waals surface area contributed by atoms with E-state index >= 15 is 0 Å². The third-order valence-electron chi connectivity index (χ3n) is 4.47. The van der Waals surface area contributed by atoms with E-state index in [0.29, 0.717) is 16.7 Å². The summed E-state index contributed by atoms with van der Waals surface area (Å²) in [7, 11) is 0. The van der Waals surface area contributed by atoms with Crippen LogP contribution in [0.25, 0.3) is 0 Å². The minimum atomic E-state index is -4.37. The van der Waals surface area contributed by atoms with Gasteiger partial charge in [0.25, 0.3) is 0 Å². The standard InChI is InChI=1S/C22H20F3NO/c23-22(24,25)20-13-7-8-17(14-20)15-26-16-21(27,18-9-3-1-4-10-18)19-11-5-2-6-12-19/h1-14,26-27H,15-16H2. The van der Waals surface area contributed by atoms with E-state index in [0.717, 1.165) is 12.1 Å². The molecule has 0 bridgehead atoms. The summed E-state index contributed by atoms with van der Waals surface area (Å²) >= 11 is 0. The Kier molecular flexibility index (Phi) is 5.63. The smallest absolute Gasteiger partial charge is 0.379 e. The first-order valence-corrected chi connectivity index (χ1v) is 8.60. The van der Waals surface area contributed by atoms with Crippen LogP contribution in [0.1, 0.15) is 22.3 Å². The molecule has 0 radical (unpaired) electrons. The van der Waals surface area contributed by atoms with E-state index in [2.05, 4.69) is 5.32 Å². The maximum Gasteiger partial charge on any atom is 0.416 e. The second-order valence-electron chi connectivity index (χ2n) is 6.39. The lowest BCUT2D eigenvalue weighted by Crippen LogP contribution is -2.39.